The summed E-state index contributed by atoms with van der Waals surface area (Å²) in [6.07, 6.45) is 1.71. The van der Waals surface area contributed by atoms with Crippen molar-refractivity contribution in [2.24, 2.45) is 0 Å². The zero-order valence-electron chi connectivity index (χ0n) is 19.1. The topological polar surface area (TPSA) is 67.2 Å². The molecule has 172 valence electrons. The first-order valence-electron chi connectivity index (χ1n) is 11.5. The predicted molar refractivity (Wildman–Crippen MR) is 138 cm³/mol. The highest BCUT2D eigenvalue weighted by molar-refractivity contribution is 6.02. The molecule has 0 aliphatic rings. The number of carbonyl (C=O) groups excluding carboxylic acids is 1. The number of nitrogens with one attached hydrogen (secondary N) is 1. The number of aromatic nitrogens is 2. The van der Waals surface area contributed by atoms with Crippen molar-refractivity contribution >= 4 is 5.91 Å². The molecule has 35 heavy (non-hydrogen) atoms. The Bertz CT molecular complexity index is 1430. The van der Waals surface area contributed by atoms with E-state index in [0.29, 0.717) is 29.9 Å². The monoisotopic (exact) mass is 459 g/mol. The lowest BCUT2D eigenvalue weighted by Gasteiger charge is -2.16. The van der Waals surface area contributed by atoms with Crippen LogP contribution in [0.2, 0.25) is 0 Å². The number of rotatable bonds is 7. The minimum atomic E-state index is -0.224. The van der Waals surface area contributed by atoms with E-state index < -0.39 is 0 Å². The third-order valence-electron chi connectivity index (χ3n) is 5.91. The van der Waals surface area contributed by atoms with Crippen LogP contribution >= 0.6 is 0 Å². The van der Waals surface area contributed by atoms with E-state index in [4.69, 9.17) is 0 Å². The molecular weight excluding hydrogens is 434 g/mol. The molecule has 0 unspecified atom stereocenters. The number of amides is 1. The van der Waals surface area contributed by atoms with Crippen molar-refractivity contribution in [3.05, 3.63) is 132 Å². The van der Waals surface area contributed by atoms with Crippen LogP contribution in [0.25, 0.3) is 22.5 Å². The molecule has 5 aromatic rings. The molecule has 0 spiro atoms. The molecule has 0 aliphatic heterocycles. The van der Waals surface area contributed by atoms with Gasteiger partial charge in [-0.2, -0.15) is 0 Å². The highest BCUT2D eigenvalue weighted by Gasteiger charge is 2.24. The molecule has 2 N–H and O–H groups in total. The Morgan fingerprint density at radius 2 is 1.51 bits per heavy atom. The molecular formula is C30H25N3O2. The van der Waals surface area contributed by atoms with Gasteiger partial charge in [-0.3, -0.25) is 9.78 Å². The Hall–Kier alpha value is -4.64. The van der Waals surface area contributed by atoms with Crippen LogP contribution in [-0.2, 0) is 13.1 Å². The second kappa shape index (κ2) is 10.1. The molecule has 2 aromatic heterocycles. The fourth-order valence-electron chi connectivity index (χ4n) is 4.23. The number of hydrogen-bond donors (Lipinski definition) is 2. The summed E-state index contributed by atoms with van der Waals surface area (Å²) in [5, 5.41) is 13.8. The number of phenols is 1. The number of carbonyl (C=O) groups is 1. The van der Waals surface area contributed by atoms with E-state index in [9.17, 15) is 9.90 Å². The lowest BCUT2D eigenvalue weighted by atomic mass is 10.1. The largest absolute Gasteiger partial charge is 0.507 e. The minimum absolute atomic E-state index is 0.123. The minimum Gasteiger partial charge on any atom is -0.507 e. The first kappa shape index (κ1) is 22.2. The maximum Gasteiger partial charge on any atom is 0.253 e. The van der Waals surface area contributed by atoms with Gasteiger partial charge in [-0.25, -0.2) is 0 Å². The molecule has 0 saturated carbocycles. The van der Waals surface area contributed by atoms with Crippen LogP contribution in [0.1, 0.15) is 21.6 Å². The van der Waals surface area contributed by atoms with Crippen molar-refractivity contribution in [1.29, 1.82) is 0 Å². The van der Waals surface area contributed by atoms with Gasteiger partial charge >= 0.3 is 0 Å². The molecule has 1 amide bonds. The van der Waals surface area contributed by atoms with Crippen LogP contribution in [-0.4, -0.2) is 20.6 Å². The summed E-state index contributed by atoms with van der Waals surface area (Å²) in [6.45, 7) is 0.854. The van der Waals surface area contributed by atoms with Gasteiger partial charge in [0.2, 0.25) is 0 Å². The fourth-order valence-corrected chi connectivity index (χ4v) is 4.23. The highest BCUT2D eigenvalue weighted by atomic mass is 16.3. The fraction of sp³-hybridized carbons (Fsp3) is 0.0667. The molecule has 2 heterocycles. The van der Waals surface area contributed by atoms with Crippen LogP contribution in [0.3, 0.4) is 0 Å². The molecule has 5 nitrogen and oxygen atoms in total. The van der Waals surface area contributed by atoms with Crippen LogP contribution in [0.4, 0.5) is 0 Å². The van der Waals surface area contributed by atoms with E-state index in [2.05, 4.69) is 27.0 Å². The van der Waals surface area contributed by atoms with Crippen molar-refractivity contribution in [3.63, 3.8) is 0 Å². The van der Waals surface area contributed by atoms with Gasteiger partial charge in [0.15, 0.2) is 0 Å². The van der Waals surface area contributed by atoms with E-state index in [1.807, 2.05) is 84.9 Å². The molecule has 0 atom stereocenters. The number of phenolic OH excluding ortho intramolecular Hbond substituents is 1. The Morgan fingerprint density at radius 3 is 2.23 bits per heavy atom. The summed E-state index contributed by atoms with van der Waals surface area (Å²) in [5.41, 5.74) is 5.53. The normalized spacial score (nSPS) is 10.7. The molecule has 3 aromatic carbocycles. The summed E-state index contributed by atoms with van der Waals surface area (Å²) in [6, 6.07) is 34.8. The zero-order valence-corrected chi connectivity index (χ0v) is 19.1. The summed E-state index contributed by atoms with van der Waals surface area (Å²) >= 11 is 0. The van der Waals surface area contributed by atoms with Gasteiger partial charge in [0.25, 0.3) is 5.91 Å². The standard InChI is InChI=1S/C30H25N3O2/c34-28-17-8-7-16-25(28)29-26(30(35)32-20-24-15-9-10-18-31-24)19-27(23-13-5-2-6-14-23)33(29)21-22-11-3-1-4-12-22/h1-19,34H,20-21H2,(H,32,35). The lowest BCUT2D eigenvalue weighted by molar-refractivity contribution is 0.0951. The van der Waals surface area contributed by atoms with Gasteiger partial charge in [-0.05, 0) is 41.5 Å². The molecule has 0 fully saturated rings. The third-order valence-corrected chi connectivity index (χ3v) is 5.91. The van der Waals surface area contributed by atoms with E-state index in [1.165, 1.54) is 0 Å². The molecule has 0 bridgehead atoms. The molecule has 5 rings (SSSR count). The van der Waals surface area contributed by atoms with Gasteiger partial charge < -0.3 is 15.0 Å². The predicted octanol–water partition coefficient (Wildman–Crippen LogP) is 5.90. The average molecular weight is 460 g/mol. The van der Waals surface area contributed by atoms with Crippen molar-refractivity contribution in [2.75, 3.05) is 0 Å². The molecule has 0 radical (unpaired) electrons. The molecule has 5 heteroatoms. The first-order chi connectivity index (χ1) is 17.2. The van der Waals surface area contributed by atoms with Crippen molar-refractivity contribution in [2.45, 2.75) is 13.1 Å². The van der Waals surface area contributed by atoms with Gasteiger partial charge in [0.05, 0.1) is 23.5 Å². The molecule has 0 aliphatic carbocycles. The van der Waals surface area contributed by atoms with Crippen LogP contribution < -0.4 is 5.32 Å². The van der Waals surface area contributed by atoms with Gasteiger partial charge in [-0.1, -0.05) is 78.9 Å². The highest BCUT2D eigenvalue weighted by Crippen LogP contribution is 2.37. The Kier molecular flexibility index (Phi) is 6.39. The number of para-hydroxylation sites is 1. The Balaban J connectivity index is 1.66. The zero-order chi connectivity index (χ0) is 24.0. The molecule has 0 saturated heterocycles. The quantitative estimate of drug-likeness (QED) is 0.318. The Morgan fingerprint density at radius 1 is 0.829 bits per heavy atom. The van der Waals surface area contributed by atoms with Crippen LogP contribution in [0.5, 0.6) is 5.75 Å². The summed E-state index contributed by atoms with van der Waals surface area (Å²) in [5.74, 6) is -0.101. The maximum atomic E-state index is 13.5. The van der Waals surface area contributed by atoms with Gasteiger partial charge in [-0.15, -0.1) is 0 Å². The van der Waals surface area contributed by atoms with E-state index in [0.717, 1.165) is 22.5 Å². The SMILES string of the molecule is O=C(NCc1ccccn1)c1cc(-c2ccccc2)n(Cc2ccccc2)c1-c1ccccc1O. The number of pyridine rings is 1. The van der Waals surface area contributed by atoms with Gasteiger partial charge in [0, 0.05) is 24.0 Å². The number of hydrogen-bond acceptors (Lipinski definition) is 3. The maximum absolute atomic E-state index is 13.5. The summed E-state index contributed by atoms with van der Waals surface area (Å²) in [7, 11) is 0. The van der Waals surface area contributed by atoms with Crippen LogP contribution in [0, 0.1) is 0 Å². The van der Waals surface area contributed by atoms with E-state index in [1.54, 1.807) is 18.3 Å². The number of benzene rings is 3. The van der Waals surface area contributed by atoms with Crippen molar-refractivity contribution < 1.29 is 9.90 Å². The van der Waals surface area contributed by atoms with E-state index >= 15 is 0 Å². The van der Waals surface area contributed by atoms with E-state index in [-0.39, 0.29) is 11.7 Å². The Labute approximate surface area is 204 Å². The summed E-state index contributed by atoms with van der Waals surface area (Å²) in [4.78, 5) is 17.8. The van der Waals surface area contributed by atoms with Crippen molar-refractivity contribution in [3.8, 4) is 28.3 Å². The lowest BCUT2D eigenvalue weighted by Crippen LogP contribution is -2.23. The van der Waals surface area contributed by atoms with Gasteiger partial charge in [0.1, 0.15) is 5.75 Å². The van der Waals surface area contributed by atoms with Crippen molar-refractivity contribution in [1.82, 2.24) is 14.9 Å². The smallest absolute Gasteiger partial charge is 0.253 e. The summed E-state index contributed by atoms with van der Waals surface area (Å²) < 4.78 is 2.11. The first-order valence-corrected chi connectivity index (χ1v) is 11.5. The van der Waals surface area contributed by atoms with Crippen LogP contribution in [0.15, 0.2) is 115 Å². The second-order valence-corrected chi connectivity index (χ2v) is 8.25. The second-order valence-electron chi connectivity index (χ2n) is 8.25. The third kappa shape index (κ3) is 4.84. The number of nitrogens with zero attached hydrogens (tertiary/aromatic N) is 2. The number of aromatic hydroxyl groups is 1. The average Bonchev–Trinajstić information content (AvgIpc) is 3.28.